The Morgan fingerprint density at radius 3 is 2.52 bits per heavy atom. The summed E-state index contributed by atoms with van der Waals surface area (Å²) in [6.45, 7) is 2.37. The van der Waals surface area contributed by atoms with Gasteiger partial charge in [-0.1, -0.05) is 55.5 Å². The first kappa shape index (κ1) is 20.4. The van der Waals surface area contributed by atoms with E-state index in [1.807, 2.05) is 73.7 Å². The standard InChI is InChI=1S/C26H24N2O3/c1-2-17-31-26(30)20-10-13-21(14-11-20)28-23(18-7-4-3-5-8-18)22-15-12-19-9-6-16-27-24(19)25(22)29/h3-16,23,28-29H,2,17H2,1H3. The number of benzene rings is 3. The third-order valence-corrected chi connectivity index (χ3v) is 5.09. The molecule has 0 aliphatic rings. The molecule has 4 aromatic rings. The zero-order valence-corrected chi connectivity index (χ0v) is 17.3. The summed E-state index contributed by atoms with van der Waals surface area (Å²) < 4.78 is 5.19. The molecule has 0 aliphatic heterocycles. The van der Waals surface area contributed by atoms with Crippen LogP contribution in [0.3, 0.4) is 0 Å². The third kappa shape index (κ3) is 4.51. The number of aromatic hydroxyl groups is 1. The Labute approximate surface area is 181 Å². The first-order chi connectivity index (χ1) is 15.2. The minimum Gasteiger partial charge on any atom is -0.505 e. The van der Waals surface area contributed by atoms with Gasteiger partial charge in [0.2, 0.25) is 0 Å². The Morgan fingerprint density at radius 1 is 1.00 bits per heavy atom. The number of hydrogen-bond donors (Lipinski definition) is 2. The molecule has 4 rings (SSSR count). The van der Waals surface area contributed by atoms with Crippen molar-refractivity contribution >= 4 is 22.6 Å². The molecule has 0 spiro atoms. The Morgan fingerprint density at radius 2 is 1.77 bits per heavy atom. The number of pyridine rings is 1. The number of carbonyl (C=O) groups is 1. The van der Waals surface area contributed by atoms with Crippen molar-refractivity contribution in [1.29, 1.82) is 0 Å². The van der Waals surface area contributed by atoms with Gasteiger partial charge in [-0.2, -0.15) is 0 Å². The number of ether oxygens (including phenoxy) is 1. The Balaban J connectivity index is 1.68. The highest BCUT2D eigenvalue weighted by Gasteiger charge is 2.20. The molecule has 5 nitrogen and oxygen atoms in total. The Bertz CT molecular complexity index is 1170. The summed E-state index contributed by atoms with van der Waals surface area (Å²) in [4.78, 5) is 16.4. The molecule has 0 fully saturated rings. The number of phenolic OH excluding ortho intramolecular Hbond substituents is 1. The largest absolute Gasteiger partial charge is 0.505 e. The third-order valence-electron chi connectivity index (χ3n) is 5.09. The molecule has 0 bridgehead atoms. The smallest absolute Gasteiger partial charge is 0.338 e. The second kappa shape index (κ2) is 9.30. The average molecular weight is 412 g/mol. The van der Waals surface area contributed by atoms with E-state index in [9.17, 15) is 9.90 Å². The summed E-state index contributed by atoms with van der Waals surface area (Å²) in [5.74, 6) is -0.175. The fraction of sp³-hybridized carbons (Fsp3) is 0.154. The normalized spacial score (nSPS) is 11.8. The van der Waals surface area contributed by atoms with Crippen LogP contribution in [-0.2, 0) is 4.74 Å². The lowest BCUT2D eigenvalue weighted by Gasteiger charge is -2.22. The van der Waals surface area contributed by atoms with E-state index in [1.165, 1.54) is 0 Å². The molecular formula is C26H24N2O3. The van der Waals surface area contributed by atoms with E-state index in [1.54, 1.807) is 18.3 Å². The number of hydrogen-bond acceptors (Lipinski definition) is 5. The van der Waals surface area contributed by atoms with Gasteiger partial charge in [0.1, 0.15) is 11.3 Å². The van der Waals surface area contributed by atoms with Gasteiger partial charge in [0, 0.05) is 22.8 Å². The van der Waals surface area contributed by atoms with E-state index in [0.29, 0.717) is 17.7 Å². The second-order valence-electron chi connectivity index (χ2n) is 7.28. The van der Waals surface area contributed by atoms with E-state index in [2.05, 4.69) is 10.3 Å². The number of esters is 1. The van der Waals surface area contributed by atoms with E-state index in [-0.39, 0.29) is 17.8 Å². The van der Waals surface area contributed by atoms with E-state index in [0.717, 1.165) is 28.6 Å². The number of rotatable bonds is 7. The first-order valence-corrected chi connectivity index (χ1v) is 10.3. The Kier molecular flexibility index (Phi) is 6.13. The van der Waals surface area contributed by atoms with Crippen LogP contribution in [0.25, 0.3) is 10.9 Å². The number of fused-ring (bicyclic) bond motifs is 1. The number of phenols is 1. The summed E-state index contributed by atoms with van der Waals surface area (Å²) in [5, 5.41) is 15.4. The molecule has 0 saturated heterocycles. The highest BCUT2D eigenvalue weighted by atomic mass is 16.5. The van der Waals surface area contributed by atoms with E-state index >= 15 is 0 Å². The molecule has 1 unspecified atom stereocenters. The zero-order chi connectivity index (χ0) is 21.6. The molecule has 0 saturated carbocycles. The van der Waals surface area contributed by atoms with Crippen LogP contribution < -0.4 is 5.32 Å². The van der Waals surface area contributed by atoms with Crippen molar-refractivity contribution in [3.05, 3.63) is 102 Å². The Hall–Kier alpha value is -3.86. The van der Waals surface area contributed by atoms with Crippen molar-refractivity contribution in [3.63, 3.8) is 0 Å². The van der Waals surface area contributed by atoms with Crippen molar-refractivity contribution in [1.82, 2.24) is 4.98 Å². The van der Waals surface area contributed by atoms with Gasteiger partial charge < -0.3 is 15.2 Å². The van der Waals surface area contributed by atoms with Crippen molar-refractivity contribution in [2.45, 2.75) is 19.4 Å². The van der Waals surface area contributed by atoms with Crippen LogP contribution in [-0.4, -0.2) is 22.7 Å². The van der Waals surface area contributed by atoms with Crippen LogP contribution in [0.15, 0.2) is 85.1 Å². The fourth-order valence-electron chi connectivity index (χ4n) is 3.51. The van der Waals surface area contributed by atoms with Crippen LogP contribution >= 0.6 is 0 Å². The van der Waals surface area contributed by atoms with Gasteiger partial charge >= 0.3 is 5.97 Å². The number of nitrogens with zero attached hydrogens (tertiary/aromatic N) is 1. The monoisotopic (exact) mass is 412 g/mol. The molecule has 1 heterocycles. The molecule has 0 amide bonds. The lowest BCUT2D eigenvalue weighted by molar-refractivity contribution is 0.0505. The minimum atomic E-state index is -0.328. The number of nitrogens with one attached hydrogen (secondary N) is 1. The van der Waals surface area contributed by atoms with E-state index in [4.69, 9.17) is 4.74 Å². The molecule has 2 N–H and O–H groups in total. The van der Waals surface area contributed by atoms with Crippen molar-refractivity contribution < 1.29 is 14.6 Å². The lowest BCUT2D eigenvalue weighted by atomic mass is 9.96. The van der Waals surface area contributed by atoms with Gasteiger partial charge in [-0.25, -0.2) is 4.79 Å². The predicted molar refractivity (Wildman–Crippen MR) is 122 cm³/mol. The summed E-state index contributed by atoms with van der Waals surface area (Å²) in [6.07, 6.45) is 2.46. The van der Waals surface area contributed by atoms with Gasteiger partial charge in [0.25, 0.3) is 0 Å². The average Bonchev–Trinajstić information content (AvgIpc) is 2.83. The van der Waals surface area contributed by atoms with Gasteiger partial charge in [-0.3, -0.25) is 4.98 Å². The summed E-state index contributed by atoms with van der Waals surface area (Å²) in [7, 11) is 0. The van der Waals surface area contributed by atoms with Gasteiger partial charge in [0.15, 0.2) is 0 Å². The van der Waals surface area contributed by atoms with Gasteiger partial charge in [0.05, 0.1) is 18.2 Å². The van der Waals surface area contributed by atoms with Gasteiger partial charge in [-0.05, 0) is 42.3 Å². The number of anilines is 1. The quantitative estimate of drug-likeness (QED) is 0.381. The summed E-state index contributed by atoms with van der Waals surface area (Å²) >= 11 is 0. The SMILES string of the molecule is CCCOC(=O)c1ccc(NC(c2ccccc2)c2ccc3cccnc3c2O)cc1. The highest BCUT2D eigenvalue weighted by molar-refractivity contribution is 5.90. The maximum atomic E-state index is 12.1. The van der Waals surface area contributed by atoms with Crippen LogP contribution in [0.4, 0.5) is 5.69 Å². The zero-order valence-electron chi connectivity index (χ0n) is 17.3. The summed E-state index contributed by atoms with van der Waals surface area (Å²) in [5.41, 5.74) is 3.62. The number of aromatic nitrogens is 1. The maximum Gasteiger partial charge on any atom is 0.338 e. The molecule has 5 heteroatoms. The second-order valence-corrected chi connectivity index (χ2v) is 7.28. The molecule has 0 radical (unpaired) electrons. The molecule has 31 heavy (non-hydrogen) atoms. The fourth-order valence-corrected chi connectivity index (χ4v) is 3.51. The molecule has 0 aliphatic carbocycles. The number of carbonyl (C=O) groups excluding carboxylic acids is 1. The van der Waals surface area contributed by atoms with Gasteiger partial charge in [-0.15, -0.1) is 0 Å². The molecule has 1 aromatic heterocycles. The van der Waals surface area contributed by atoms with Crippen LogP contribution in [0.5, 0.6) is 5.75 Å². The highest BCUT2D eigenvalue weighted by Crippen LogP contribution is 2.36. The predicted octanol–water partition coefficient (Wildman–Crippen LogP) is 5.71. The topological polar surface area (TPSA) is 71.5 Å². The molecule has 3 aromatic carbocycles. The lowest BCUT2D eigenvalue weighted by Crippen LogP contribution is -2.13. The molecule has 156 valence electrons. The first-order valence-electron chi connectivity index (χ1n) is 10.3. The van der Waals surface area contributed by atoms with Crippen LogP contribution in [0.1, 0.15) is 40.9 Å². The molecular weight excluding hydrogens is 388 g/mol. The van der Waals surface area contributed by atoms with Crippen LogP contribution in [0, 0.1) is 0 Å². The van der Waals surface area contributed by atoms with Crippen molar-refractivity contribution in [3.8, 4) is 5.75 Å². The summed E-state index contributed by atoms with van der Waals surface area (Å²) in [6, 6.07) is 24.4. The molecule has 1 atom stereocenters. The minimum absolute atomic E-state index is 0.152. The van der Waals surface area contributed by atoms with Crippen molar-refractivity contribution in [2.24, 2.45) is 0 Å². The van der Waals surface area contributed by atoms with Crippen molar-refractivity contribution in [2.75, 3.05) is 11.9 Å². The maximum absolute atomic E-state index is 12.1. The van der Waals surface area contributed by atoms with E-state index < -0.39 is 0 Å². The van der Waals surface area contributed by atoms with Crippen LogP contribution in [0.2, 0.25) is 0 Å².